The molecule has 7 heteroatoms. The zero-order valence-corrected chi connectivity index (χ0v) is 12.5. The number of benzene rings is 1. The first-order valence-electron chi connectivity index (χ1n) is 6.33. The summed E-state index contributed by atoms with van der Waals surface area (Å²) in [5.41, 5.74) is 5.67. The van der Waals surface area contributed by atoms with Crippen molar-refractivity contribution < 1.29 is 13.2 Å². The third-order valence-electron chi connectivity index (χ3n) is 3.46. The highest BCUT2D eigenvalue weighted by Crippen LogP contribution is 2.19. The van der Waals surface area contributed by atoms with Crippen LogP contribution in [-0.4, -0.2) is 20.9 Å². The lowest BCUT2D eigenvalue weighted by atomic mass is 9.86. The lowest BCUT2D eigenvalue weighted by Crippen LogP contribution is -2.43. The minimum absolute atomic E-state index is 0.0290. The number of hydrogen-bond donors (Lipinski definition) is 3. The summed E-state index contributed by atoms with van der Waals surface area (Å²) < 4.78 is 22.5. The van der Waals surface area contributed by atoms with Crippen molar-refractivity contribution in [1.29, 1.82) is 0 Å². The molecule has 0 aromatic heterocycles. The summed E-state index contributed by atoms with van der Waals surface area (Å²) in [4.78, 5) is 12.1. The Labute approximate surface area is 119 Å². The Hall–Kier alpha value is -1.44. The summed E-state index contributed by atoms with van der Waals surface area (Å²) in [5, 5.41) is 7.83. The molecule has 0 bridgehead atoms. The highest BCUT2D eigenvalue weighted by Gasteiger charge is 2.29. The molecule has 1 aromatic rings. The molecule has 0 fully saturated rings. The third-order valence-corrected chi connectivity index (χ3v) is 4.37. The molecule has 0 aliphatic rings. The minimum Gasteiger partial charge on any atom is -0.352 e. The standard InChI is InChI=1S/C13H21N3O3S/c1-3-13(2,9-14)12(17)16-8-10-5-4-6-11(7-10)20(15,18)19/h4-7H,3,8-9,14H2,1-2H3,(H,16,17)(H2,15,18,19). The van der Waals surface area contributed by atoms with E-state index in [0.29, 0.717) is 12.0 Å². The fraction of sp³-hybridized carbons (Fsp3) is 0.462. The maximum Gasteiger partial charge on any atom is 0.238 e. The third kappa shape index (κ3) is 4.03. The molecular formula is C13H21N3O3S. The number of carbonyl (C=O) groups excluding carboxylic acids is 1. The predicted octanol–water partition coefficient (Wildman–Crippen LogP) is 0.325. The van der Waals surface area contributed by atoms with Gasteiger partial charge in [0, 0.05) is 13.1 Å². The van der Waals surface area contributed by atoms with Gasteiger partial charge in [-0.2, -0.15) is 0 Å². The van der Waals surface area contributed by atoms with Crippen molar-refractivity contribution in [3.05, 3.63) is 29.8 Å². The second-order valence-corrected chi connectivity index (χ2v) is 6.55. The van der Waals surface area contributed by atoms with Crippen molar-refractivity contribution in [2.45, 2.75) is 31.7 Å². The Morgan fingerprint density at radius 3 is 2.55 bits per heavy atom. The minimum atomic E-state index is -3.73. The zero-order chi connectivity index (χ0) is 15.4. The monoisotopic (exact) mass is 299 g/mol. The summed E-state index contributed by atoms with van der Waals surface area (Å²) in [6, 6.07) is 6.17. The average Bonchev–Trinajstić information content (AvgIpc) is 2.43. The Bertz CT molecular complexity index is 580. The van der Waals surface area contributed by atoms with Gasteiger partial charge in [-0.15, -0.1) is 0 Å². The quantitative estimate of drug-likeness (QED) is 0.701. The molecule has 20 heavy (non-hydrogen) atoms. The van der Waals surface area contributed by atoms with Gasteiger partial charge in [-0.3, -0.25) is 4.79 Å². The summed E-state index contributed by atoms with van der Waals surface area (Å²) >= 11 is 0. The molecule has 0 saturated carbocycles. The van der Waals surface area contributed by atoms with Gasteiger partial charge in [0.05, 0.1) is 10.3 Å². The highest BCUT2D eigenvalue weighted by atomic mass is 32.2. The maximum absolute atomic E-state index is 12.0. The van der Waals surface area contributed by atoms with Crippen LogP contribution in [0.3, 0.4) is 0 Å². The van der Waals surface area contributed by atoms with Crippen LogP contribution in [-0.2, 0) is 21.4 Å². The first-order valence-corrected chi connectivity index (χ1v) is 7.87. The normalized spacial score (nSPS) is 14.6. The Morgan fingerprint density at radius 2 is 2.05 bits per heavy atom. The number of sulfonamides is 1. The number of hydrogen-bond acceptors (Lipinski definition) is 4. The van der Waals surface area contributed by atoms with Crippen LogP contribution in [0.25, 0.3) is 0 Å². The van der Waals surface area contributed by atoms with E-state index in [1.54, 1.807) is 19.1 Å². The van der Waals surface area contributed by atoms with E-state index in [1.807, 2.05) is 6.92 Å². The van der Waals surface area contributed by atoms with Gasteiger partial charge in [0.25, 0.3) is 0 Å². The topological polar surface area (TPSA) is 115 Å². The fourth-order valence-electron chi connectivity index (χ4n) is 1.63. The Kier molecular flexibility index (Phi) is 5.27. The molecule has 0 radical (unpaired) electrons. The van der Waals surface area contributed by atoms with E-state index in [9.17, 15) is 13.2 Å². The van der Waals surface area contributed by atoms with Gasteiger partial charge in [0.2, 0.25) is 15.9 Å². The zero-order valence-electron chi connectivity index (χ0n) is 11.7. The highest BCUT2D eigenvalue weighted by molar-refractivity contribution is 7.89. The van der Waals surface area contributed by atoms with Crippen LogP contribution in [0.15, 0.2) is 29.2 Å². The molecule has 1 atom stereocenters. The van der Waals surface area contributed by atoms with Crippen LogP contribution in [0.2, 0.25) is 0 Å². The molecule has 0 spiro atoms. The summed E-state index contributed by atoms with van der Waals surface area (Å²) in [5.74, 6) is -0.150. The molecule has 1 unspecified atom stereocenters. The van der Waals surface area contributed by atoms with E-state index in [-0.39, 0.29) is 23.9 Å². The lowest BCUT2D eigenvalue weighted by Gasteiger charge is -2.25. The van der Waals surface area contributed by atoms with Crippen LogP contribution in [0.4, 0.5) is 0 Å². The van der Waals surface area contributed by atoms with E-state index >= 15 is 0 Å². The summed E-state index contributed by atoms with van der Waals surface area (Å²) in [6.07, 6.45) is 0.632. The van der Waals surface area contributed by atoms with Gasteiger partial charge in [-0.1, -0.05) is 19.1 Å². The second-order valence-electron chi connectivity index (χ2n) is 4.99. The van der Waals surface area contributed by atoms with Crippen molar-refractivity contribution >= 4 is 15.9 Å². The molecule has 0 aliphatic carbocycles. The number of rotatable bonds is 6. The largest absolute Gasteiger partial charge is 0.352 e. The van der Waals surface area contributed by atoms with Gasteiger partial charge in [-0.05, 0) is 31.0 Å². The number of amides is 1. The SMILES string of the molecule is CCC(C)(CN)C(=O)NCc1cccc(S(N)(=O)=O)c1. The second kappa shape index (κ2) is 6.34. The van der Waals surface area contributed by atoms with Gasteiger partial charge < -0.3 is 11.1 Å². The van der Waals surface area contributed by atoms with Crippen LogP contribution in [0, 0.1) is 5.41 Å². The van der Waals surface area contributed by atoms with E-state index in [4.69, 9.17) is 10.9 Å². The van der Waals surface area contributed by atoms with Crippen LogP contribution in [0.1, 0.15) is 25.8 Å². The molecule has 0 saturated heterocycles. The number of nitrogens with two attached hydrogens (primary N) is 2. The van der Waals surface area contributed by atoms with Crippen molar-refractivity contribution in [2.75, 3.05) is 6.54 Å². The van der Waals surface area contributed by atoms with Gasteiger partial charge in [0.15, 0.2) is 0 Å². The van der Waals surface area contributed by atoms with Crippen LogP contribution < -0.4 is 16.2 Å². The van der Waals surface area contributed by atoms with E-state index in [0.717, 1.165) is 0 Å². The van der Waals surface area contributed by atoms with Gasteiger partial charge in [0.1, 0.15) is 0 Å². The Balaban J connectivity index is 2.79. The predicted molar refractivity (Wildman–Crippen MR) is 77.1 cm³/mol. The first kappa shape index (κ1) is 16.6. The summed E-state index contributed by atoms with van der Waals surface area (Å²) in [6.45, 7) is 4.18. The van der Waals surface area contributed by atoms with Gasteiger partial charge >= 0.3 is 0 Å². The molecule has 1 rings (SSSR count). The summed E-state index contributed by atoms with van der Waals surface area (Å²) in [7, 11) is -3.73. The average molecular weight is 299 g/mol. The Morgan fingerprint density at radius 1 is 1.40 bits per heavy atom. The van der Waals surface area contributed by atoms with Crippen molar-refractivity contribution in [3.8, 4) is 0 Å². The molecule has 0 aliphatic heterocycles. The van der Waals surface area contributed by atoms with Crippen LogP contribution >= 0.6 is 0 Å². The number of primary sulfonamides is 1. The van der Waals surface area contributed by atoms with Crippen molar-refractivity contribution in [1.82, 2.24) is 5.32 Å². The smallest absolute Gasteiger partial charge is 0.238 e. The van der Waals surface area contributed by atoms with Gasteiger partial charge in [-0.25, -0.2) is 13.6 Å². The molecule has 5 N–H and O–H groups in total. The maximum atomic E-state index is 12.0. The lowest BCUT2D eigenvalue weighted by molar-refractivity contribution is -0.130. The van der Waals surface area contributed by atoms with E-state index < -0.39 is 15.4 Å². The molecule has 0 heterocycles. The fourth-order valence-corrected chi connectivity index (χ4v) is 2.21. The molecular weight excluding hydrogens is 278 g/mol. The number of nitrogens with one attached hydrogen (secondary N) is 1. The number of carbonyl (C=O) groups is 1. The van der Waals surface area contributed by atoms with E-state index in [1.165, 1.54) is 12.1 Å². The molecule has 1 aromatic carbocycles. The molecule has 6 nitrogen and oxygen atoms in total. The molecule has 1 amide bonds. The first-order chi connectivity index (χ1) is 9.23. The van der Waals surface area contributed by atoms with E-state index in [2.05, 4.69) is 5.32 Å². The molecule has 112 valence electrons. The van der Waals surface area contributed by atoms with Crippen molar-refractivity contribution in [2.24, 2.45) is 16.3 Å². The van der Waals surface area contributed by atoms with Crippen LogP contribution in [0.5, 0.6) is 0 Å². The van der Waals surface area contributed by atoms with Crippen molar-refractivity contribution in [3.63, 3.8) is 0 Å².